The minimum atomic E-state index is 0.0863. The minimum Gasteiger partial charge on any atom is -0.409 e. The number of halogens is 1. The van der Waals surface area contributed by atoms with Gasteiger partial charge >= 0.3 is 0 Å². The molecule has 0 radical (unpaired) electrons. The zero-order chi connectivity index (χ0) is 12.3. The standard InChI is InChI=1S/C11H14ClN3O2/c12-8-1-2-9(11(13)14-16)10(7-8)15-3-5-17-6-4-15/h1-2,7,16H,3-6H2,(H2,13,14). The van der Waals surface area contributed by atoms with Gasteiger partial charge in [0.1, 0.15) is 0 Å². The maximum Gasteiger partial charge on any atom is 0.172 e. The molecule has 1 aliphatic rings. The van der Waals surface area contributed by atoms with Gasteiger partial charge in [0.25, 0.3) is 0 Å². The molecule has 2 rings (SSSR count). The molecule has 0 aliphatic carbocycles. The summed E-state index contributed by atoms with van der Waals surface area (Å²) in [5.74, 6) is 0.0863. The van der Waals surface area contributed by atoms with Crippen LogP contribution in [-0.4, -0.2) is 37.3 Å². The summed E-state index contributed by atoms with van der Waals surface area (Å²) in [6.07, 6.45) is 0. The summed E-state index contributed by atoms with van der Waals surface area (Å²) in [6, 6.07) is 5.29. The van der Waals surface area contributed by atoms with E-state index in [1.165, 1.54) is 0 Å². The highest BCUT2D eigenvalue weighted by atomic mass is 35.5. The summed E-state index contributed by atoms with van der Waals surface area (Å²) >= 11 is 5.98. The Morgan fingerprint density at radius 2 is 2.12 bits per heavy atom. The van der Waals surface area contributed by atoms with Gasteiger partial charge in [-0.3, -0.25) is 0 Å². The second-order valence-electron chi connectivity index (χ2n) is 3.75. The molecule has 1 aromatic carbocycles. The first-order chi connectivity index (χ1) is 8.22. The lowest BCUT2D eigenvalue weighted by Gasteiger charge is -2.30. The van der Waals surface area contributed by atoms with Crippen LogP contribution >= 0.6 is 11.6 Å². The molecular weight excluding hydrogens is 242 g/mol. The number of oxime groups is 1. The van der Waals surface area contributed by atoms with Crippen molar-refractivity contribution in [3.8, 4) is 0 Å². The number of amidine groups is 1. The predicted molar refractivity (Wildman–Crippen MR) is 67.0 cm³/mol. The first kappa shape index (κ1) is 12.0. The molecule has 0 aromatic heterocycles. The van der Waals surface area contributed by atoms with E-state index in [0.29, 0.717) is 23.8 Å². The monoisotopic (exact) mass is 255 g/mol. The van der Waals surface area contributed by atoms with E-state index in [2.05, 4.69) is 10.1 Å². The Kier molecular flexibility index (Phi) is 3.71. The lowest BCUT2D eigenvalue weighted by Crippen LogP contribution is -2.37. The van der Waals surface area contributed by atoms with E-state index in [4.69, 9.17) is 27.3 Å². The molecule has 6 heteroatoms. The van der Waals surface area contributed by atoms with Crippen molar-refractivity contribution in [1.82, 2.24) is 0 Å². The van der Waals surface area contributed by atoms with Gasteiger partial charge in [0.2, 0.25) is 0 Å². The summed E-state index contributed by atoms with van der Waals surface area (Å²) in [7, 11) is 0. The van der Waals surface area contributed by atoms with Crippen molar-refractivity contribution in [3.05, 3.63) is 28.8 Å². The number of anilines is 1. The minimum absolute atomic E-state index is 0.0863. The highest BCUT2D eigenvalue weighted by Crippen LogP contribution is 2.25. The molecule has 0 spiro atoms. The van der Waals surface area contributed by atoms with Crippen molar-refractivity contribution in [2.75, 3.05) is 31.2 Å². The summed E-state index contributed by atoms with van der Waals surface area (Å²) in [6.45, 7) is 2.88. The van der Waals surface area contributed by atoms with Gasteiger partial charge in [0, 0.05) is 29.4 Å². The molecule has 1 fully saturated rings. The van der Waals surface area contributed by atoms with Crippen molar-refractivity contribution in [2.24, 2.45) is 10.9 Å². The number of benzene rings is 1. The fraction of sp³-hybridized carbons (Fsp3) is 0.364. The van der Waals surface area contributed by atoms with E-state index in [0.717, 1.165) is 18.8 Å². The van der Waals surface area contributed by atoms with Crippen LogP contribution in [0.4, 0.5) is 5.69 Å². The van der Waals surface area contributed by atoms with Gasteiger partial charge in [-0.15, -0.1) is 0 Å². The molecular formula is C11H14ClN3O2. The summed E-state index contributed by atoms with van der Waals surface area (Å²) in [5.41, 5.74) is 7.20. The van der Waals surface area contributed by atoms with Gasteiger partial charge in [-0.25, -0.2) is 0 Å². The molecule has 0 amide bonds. The zero-order valence-electron chi connectivity index (χ0n) is 9.27. The molecule has 1 heterocycles. The fourth-order valence-electron chi connectivity index (χ4n) is 1.84. The highest BCUT2D eigenvalue weighted by Gasteiger charge is 2.17. The lowest BCUT2D eigenvalue weighted by molar-refractivity contribution is 0.122. The van der Waals surface area contributed by atoms with E-state index in [9.17, 15) is 0 Å². The van der Waals surface area contributed by atoms with Crippen molar-refractivity contribution in [2.45, 2.75) is 0 Å². The van der Waals surface area contributed by atoms with Crippen molar-refractivity contribution >= 4 is 23.1 Å². The number of nitrogens with two attached hydrogens (primary N) is 1. The van der Waals surface area contributed by atoms with Crippen LogP contribution in [0, 0.1) is 0 Å². The number of ether oxygens (including phenoxy) is 1. The third kappa shape index (κ3) is 2.62. The summed E-state index contributed by atoms with van der Waals surface area (Å²) in [5, 5.41) is 12.4. The summed E-state index contributed by atoms with van der Waals surface area (Å²) < 4.78 is 5.29. The molecule has 0 unspecified atom stereocenters. The van der Waals surface area contributed by atoms with Gasteiger partial charge < -0.3 is 20.6 Å². The van der Waals surface area contributed by atoms with Gasteiger partial charge in [-0.05, 0) is 18.2 Å². The average molecular weight is 256 g/mol. The SMILES string of the molecule is NC(=NO)c1ccc(Cl)cc1N1CCOCC1. The Balaban J connectivity index is 2.38. The second kappa shape index (κ2) is 5.25. The van der Waals surface area contributed by atoms with Crippen LogP contribution in [0.5, 0.6) is 0 Å². The first-order valence-electron chi connectivity index (χ1n) is 5.32. The maximum absolute atomic E-state index is 8.77. The Morgan fingerprint density at radius 1 is 1.41 bits per heavy atom. The smallest absolute Gasteiger partial charge is 0.172 e. The third-order valence-electron chi connectivity index (χ3n) is 2.70. The zero-order valence-corrected chi connectivity index (χ0v) is 10.0. The second-order valence-corrected chi connectivity index (χ2v) is 4.18. The Bertz CT molecular complexity index is 431. The number of hydrogen-bond donors (Lipinski definition) is 2. The topological polar surface area (TPSA) is 71.1 Å². The Labute approximate surface area is 104 Å². The van der Waals surface area contributed by atoms with Gasteiger partial charge in [-0.2, -0.15) is 0 Å². The molecule has 0 atom stereocenters. The number of morpholine rings is 1. The van der Waals surface area contributed by atoms with Crippen LogP contribution in [0.3, 0.4) is 0 Å². The molecule has 5 nitrogen and oxygen atoms in total. The quantitative estimate of drug-likeness (QED) is 0.361. The lowest BCUT2D eigenvalue weighted by atomic mass is 10.1. The maximum atomic E-state index is 8.77. The summed E-state index contributed by atoms with van der Waals surface area (Å²) in [4.78, 5) is 2.11. The number of rotatable bonds is 2. The predicted octanol–water partition coefficient (Wildman–Crippen LogP) is 1.27. The number of hydrogen-bond acceptors (Lipinski definition) is 4. The largest absolute Gasteiger partial charge is 0.409 e. The molecule has 1 aliphatic heterocycles. The van der Waals surface area contributed by atoms with Gasteiger partial charge in [0.15, 0.2) is 5.84 Å². The van der Waals surface area contributed by atoms with Crippen LogP contribution < -0.4 is 10.6 Å². The highest BCUT2D eigenvalue weighted by molar-refractivity contribution is 6.31. The molecule has 1 saturated heterocycles. The van der Waals surface area contributed by atoms with E-state index >= 15 is 0 Å². The van der Waals surface area contributed by atoms with Gasteiger partial charge in [0.05, 0.1) is 13.2 Å². The molecule has 17 heavy (non-hydrogen) atoms. The molecule has 3 N–H and O–H groups in total. The fourth-order valence-corrected chi connectivity index (χ4v) is 2.01. The third-order valence-corrected chi connectivity index (χ3v) is 2.93. The average Bonchev–Trinajstić information content (AvgIpc) is 2.39. The first-order valence-corrected chi connectivity index (χ1v) is 5.70. The Hall–Kier alpha value is -1.46. The Morgan fingerprint density at radius 3 is 2.76 bits per heavy atom. The molecule has 1 aromatic rings. The molecule has 92 valence electrons. The van der Waals surface area contributed by atoms with Crippen LogP contribution in [0.15, 0.2) is 23.4 Å². The van der Waals surface area contributed by atoms with Crippen LogP contribution in [0.25, 0.3) is 0 Å². The van der Waals surface area contributed by atoms with Crippen molar-refractivity contribution < 1.29 is 9.94 Å². The number of nitrogens with zero attached hydrogens (tertiary/aromatic N) is 2. The molecule has 0 saturated carbocycles. The molecule has 0 bridgehead atoms. The van der Waals surface area contributed by atoms with E-state index < -0.39 is 0 Å². The van der Waals surface area contributed by atoms with E-state index in [1.807, 2.05) is 6.07 Å². The van der Waals surface area contributed by atoms with Crippen LogP contribution in [0.1, 0.15) is 5.56 Å². The van der Waals surface area contributed by atoms with E-state index in [-0.39, 0.29) is 5.84 Å². The van der Waals surface area contributed by atoms with Gasteiger partial charge in [-0.1, -0.05) is 16.8 Å². The van der Waals surface area contributed by atoms with Crippen LogP contribution in [0.2, 0.25) is 5.02 Å². The van der Waals surface area contributed by atoms with Crippen molar-refractivity contribution in [1.29, 1.82) is 0 Å². The van der Waals surface area contributed by atoms with E-state index in [1.54, 1.807) is 12.1 Å². The van der Waals surface area contributed by atoms with Crippen LogP contribution in [-0.2, 0) is 4.74 Å². The normalized spacial score (nSPS) is 17.2. The van der Waals surface area contributed by atoms with Crippen molar-refractivity contribution in [3.63, 3.8) is 0 Å².